The van der Waals surface area contributed by atoms with Crippen molar-refractivity contribution in [2.75, 3.05) is 43.4 Å². The second-order valence-corrected chi connectivity index (χ2v) is 13.4. The van der Waals surface area contributed by atoms with Crippen molar-refractivity contribution < 1.29 is 37.0 Å². The number of carbonyl (C=O) groups is 2. The Kier molecular flexibility index (Phi) is 13.5. The molecule has 9 N–H and O–H groups in total. The SMILES string of the molecule is CCCCOc1nc(N)c2[nH]c(=O)n(Cc3ccc(CN4CCC(CCNC(=O)c5cc(F)c(N)c(F)c5)CC4)cc3)c2n1.Nc1c(F)cc(C(=O)O)cc1F. The Labute approximate surface area is 318 Å². The number of hydrogen-bond acceptors (Lipinski definition) is 10. The number of aromatic carboxylic acids is 1. The quantitative estimate of drug-likeness (QED) is 0.0526. The van der Waals surface area contributed by atoms with Gasteiger partial charge in [0.15, 0.2) is 11.5 Å². The van der Waals surface area contributed by atoms with Gasteiger partial charge in [0.05, 0.1) is 18.7 Å². The number of imidazole rings is 1. The van der Waals surface area contributed by atoms with Crippen molar-refractivity contribution in [2.45, 2.75) is 52.1 Å². The molecule has 3 aromatic carbocycles. The van der Waals surface area contributed by atoms with E-state index in [4.69, 9.17) is 27.0 Å². The van der Waals surface area contributed by atoms with Crippen LogP contribution in [0, 0.1) is 29.2 Å². The Hall–Kier alpha value is -6.17. The zero-order valence-corrected chi connectivity index (χ0v) is 30.6. The summed E-state index contributed by atoms with van der Waals surface area (Å²) in [4.78, 5) is 49.0. The molecule has 0 unspecified atom stereocenters. The minimum atomic E-state index is -1.40. The van der Waals surface area contributed by atoms with Gasteiger partial charge in [-0.1, -0.05) is 37.6 Å². The van der Waals surface area contributed by atoms with E-state index in [-0.39, 0.29) is 23.1 Å². The number of H-pyrrole nitrogens is 1. The lowest BCUT2D eigenvalue weighted by molar-refractivity contribution is 0.0695. The second-order valence-electron chi connectivity index (χ2n) is 13.4. The Morgan fingerprint density at radius 1 is 0.893 bits per heavy atom. The van der Waals surface area contributed by atoms with Crippen molar-refractivity contribution in [3.8, 4) is 6.01 Å². The summed E-state index contributed by atoms with van der Waals surface area (Å²) in [7, 11) is 0. The number of aromatic amines is 1. The molecule has 18 heteroatoms. The third kappa shape index (κ3) is 10.3. The number of fused-ring (bicyclic) bond motifs is 1. The summed E-state index contributed by atoms with van der Waals surface area (Å²) < 4.78 is 59.6. The first-order chi connectivity index (χ1) is 26.7. The Bertz CT molecular complexity index is 2190. The van der Waals surface area contributed by atoms with Crippen molar-refractivity contribution in [3.05, 3.63) is 105 Å². The number of ether oxygens (including phenoxy) is 1. The average molecular weight is 782 g/mol. The largest absolute Gasteiger partial charge is 0.478 e. The molecule has 5 aromatic rings. The first-order valence-electron chi connectivity index (χ1n) is 17.9. The van der Waals surface area contributed by atoms with Gasteiger partial charge in [0.2, 0.25) is 0 Å². The number of hydrogen-bond donors (Lipinski definition) is 6. The van der Waals surface area contributed by atoms with Crippen LogP contribution in [0.25, 0.3) is 11.2 Å². The van der Waals surface area contributed by atoms with Crippen LogP contribution in [-0.4, -0.2) is 67.6 Å². The van der Waals surface area contributed by atoms with Crippen LogP contribution in [0.2, 0.25) is 0 Å². The highest BCUT2D eigenvalue weighted by Gasteiger charge is 2.21. The highest BCUT2D eigenvalue weighted by atomic mass is 19.1. The minimum absolute atomic E-state index is 0.0799. The monoisotopic (exact) mass is 781 g/mol. The van der Waals surface area contributed by atoms with Gasteiger partial charge in [0, 0.05) is 18.7 Å². The standard InChI is InChI=1S/C31H38F2N8O3.C7H5F2NO2/c1-2-3-14-44-30-38-27(35)26-28(39-30)41(31(43)37-26)18-21-6-4-20(5-7-21)17-40-12-9-19(10-13-40)8-11-36-29(42)22-15-23(32)25(34)24(33)16-22;8-4-1-3(7(11)12)2-5(9)6(4)10/h4-7,15-16,19H,2-3,8-14,17-18,34H2,1H3,(H,36,42)(H,37,43)(H2,35,38,39);1-2H,10H2,(H,11,12). The summed E-state index contributed by atoms with van der Waals surface area (Å²) in [5, 5.41) is 11.1. The fraction of sp³-hybridized carbons (Fsp3) is 0.342. The van der Waals surface area contributed by atoms with E-state index in [1.165, 1.54) is 10.1 Å². The zero-order valence-electron chi connectivity index (χ0n) is 30.6. The van der Waals surface area contributed by atoms with Gasteiger partial charge in [-0.3, -0.25) is 14.3 Å². The van der Waals surface area contributed by atoms with Crippen molar-refractivity contribution in [3.63, 3.8) is 0 Å². The number of benzene rings is 3. The van der Waals surface area contributed by atoms with Gasteiger partial charge < -0.3 is 37.3 Å². The molecule has 298 valence electrons. The molecular weight excluding hydrogens is 738 g/mol. The van der Waals surface area contributed by atoms with Gasteiger partial charge in [-0.25, -0.2) is 27.2 Å². The summed E-state index contributed by atoms with van der Waals surface area (Å²) in [6.45, 7) is 5.98. The number of aromatic nitrogens is 4. The molecule has 56 heavy (non-hydrogen) atoms. The minimum Gasteiger partial charge on any atom is -0.478 e. The Balaban J connectivity index is 0.000000427. The normalized spacial score (nSPS) is 13.3. The van der Waals surface area contributed by atoms with Crippen molar-refractivity contribution in [1.82, 2.24) is 29.7 Å². The highest BCUT2D eigenvalue weighted by molar-refractivity contribution is 5.94. The lowest BCUT2D eigenvalue weighted by Gasteiger charge is -2.32. The maximum Gasteiger partial charge on any atom is 0.335 e. The molecule has 3 heterocycles. The summed E-state index contributed by atoms with van der Waals surface area (Å²) in [6.07, 6.45) is 4.63. The summed E-state index contributed by atoms with van der Waals surface area (Å²) >= 11 is 0. The van der Waals surface area contributed by atoms with Gasteiger partial charge in [0.1, 0.15) is 40.2 Å². The highest BCUT2D eigenvalue weighted by Crippen LogP contribution is 2.23. The Morgan fingerprint density at radius 2 is 1.45 bits per heavy atom. The van der Waals surface area contributed by atoms with E-state index >= 15 is 0 Å². The predicted molar refractivity (Wildman–Crippen MR) is 202 cm³/mol. The molecule has 1 saturated heterocycles. The molecule has 1 aliphatic heterocycles. The number of piperidine rings is 1. The number of amides is 1. The number of nitrogens with zero attached hydrogens (tertiary/aromatic N) is 4. The molecule has 1 aliphatic rings. The van der Waals surface area contributed by atoms with E-state index in [1.54, 1.807) is 0 Å². The molecule has 1 amide bonds. The van der Waals surface area contributed by atoms with Crippen molar-refractivity contribution >= 4 is 40.2 Å². The number of carbonyl (C=O) groups excluding carboxylic acids is 1. The lowest BCUT2D eigenvalue weighted by Crippen LogP contribution is -2.35. The van der Waals surface area contributed by atoms with E-state index in [2.05, 4.69) is 44.2 Å². The lowest BCUT2D eigenvalue weighted by atomic mass is 9.93. The number of likely N-dealkylation sites (tertiary alicyclic amines) is 1. The summed E-state index contributed by atoms with van der Waals surface area (Å²) in [6, 6.07) is 11.6. The maximum absolute atomic E-state index is 13.7. The van der Waals surface area contributed by atoms with E-state index in [0.29, 0.717) is 48.9 Å². The zero-order chi connectivity index (χ0) is 40.5. The second kappa shape index (κ2) is 18.4. The van der Waals surface area contributed by atoms with Gasteiger partial charge in [-0.2, -0.15) is 9.97 Å². The smallest absolute Gasteiger partial charge is 0.335 e. The van der Waals surface area contributed by atoms with Crippen LogP contribution in [0.5, 0.6) is 6.01 Å². The number of unbranched alkanes of at least 4 members (excludes halogenated alkanes) is 1. The van der Waals surface area contributed by atoms with Crippen molar-refractivity contribution in [2.24, 2.45) is 5.92 Å². The number of halogens is 4. The van der Waals surface area contributed by atoms with Gasteiger partial charge >= 0.3 is 17.7 Å². The van der Waals surface area contributed by atoms with E-state index < -0.39 is 52.1 Å². The third-order valence-electron chi connectivity index (χ3n) is 9.34. The number of carboxylic acids is 1. The van der Waals surface area contributed by atoms with E-state index in [1.807, 2.05) is 12.1 Å². The molecule has 0 atom stereocenters. The van der Waals surface area contributed by atoms with Crippen LogP contribution in [0.4, 0.5) is 34.8 Å². The van der Waals surface area contributed by atoms with Crippen LogP contribution in [0.15, 0.2) is 53.3 Å². The first-order valence-corrected chi connectivity index (χ1v) is 17.9. The molecule has 0 radical (unpaired) electrons. The molecule has 1 fully saturated rings. The van der Waals surface area contributed by atoms with Gasteiger partial charge in [-0.05, 0) is 80.1 Å². The maximum atomic E-state index is 13.7. The summed E-state index contributed by atoms with van der Waals surface area (Å²) in [5.74, 6) is -5.29. The molecule has 2 aromatic heterocycles. The number of anilines is 3. The molecular formula is C38H43F4N9O5. The number of rotatable bonds is 13. The number of nitrogens with two attached hydrogens (primary N) is 3. The molecule has 0 bridgehead atoms. The van der Waals surface area contributed by atoms with Crippen LogP contribution < -0.4 is 32.9 Å². The number of nitrogens with one attached hydrogen (secondary N) is 2. The molecule has 6 rings (SSSR count). The van der Waals surface area contributed by atoms with Crippen LogP contribution in [0.1, 0.15) is 70.9 Å². The number of carboxylic acid groups (broad SMARTS) is 1. The van der Waals surface area contributed by atoms with Crippen LogP contribution >= 0.6 is 0 Å². The van der Waals surface area contributed by atoms with E-state index in [9.17, 15) is 31.9 Å². The van der Waals surface area contributed by atoms with Crippen LogP contribution in [0.3, 0.4) is 0 Å². The fourth-order valence-electron chi connectivity index (χ4n) is 6.09. The van der Waals surface area contributed by atoms with Gasteiger partial charge in [0.25, 0.3) is 5.91 Å². The summed E-state index contributed by atoms with van der Waals surface area (Å²) in [5.41, 5.74) is 17.1. The first kappa shape index (κ1) is 41.0. The van der Waals surface area contributed by atoms with Crippen molar-refractivity contribution in [1.29, 1.82) is 0 Å². The molecule has 0 spiro atoms. The fourth-order valence-corrected chi connectivity index (χ4v) is 6.09. The Morgan fingerprint density at radius 3 is 2.00 bits per heavy atom. The molecule has 14 nitrogen and oxygen atoms in total. The predicted octanol–water partition coefficient (Wildman–Crippen LogP) is 5.07. The van der Waals surface area contributed by atoms with Gasteiger partial charge in [-0.15, -0.1) is 0 Å². The van der Waals surface area contributed by atoms with Crippen LogP contribution in [-0.2, 0) is 13.1 Å². The average Bonchev–Trinajstić information content (AvgIpc) is 3.48. The number of nitrogen functional groups attached to an aromatic ring is 3. The molecule has 0 saturated carbocycles. The topological polar surface area (TPSA) is 220 Å². The third-order valence-corrected chi connectivity index (χ3v) is 9.34. The molecule has 0 aliphatic carbocycles. The van der Waals surface area contributed by atoms with E-state index in [0.717, 1.165) is 69.4 Å².